The predicted molar refractivity (Wildman–Crippen MR) is 109 cm³/mol. The maximum absolute atomic E-state index is 13.3. The molecule has 1 aliphatic heterocycles. The Hall–Kier alpha value is -3.53. The molecule has 28 heavy (non-hydrogen) atoms. The molecule has 0 unspecified atom stereocenters. The summed E-state index contributed by atoms with van der Waals surface area (Å²) in [5.74, 6) is 0.884. The van der Waals surface area contributed by atoms with E-state index in [2.05, 4.69) is 23.2 Å². The molecule has 0 bridgehead atoms. The van der Waals surface area contributed by atoms with Crippen LogP contribution >= 0.6 is 0 Å². The molecule has 1 atom stereocenters. The summed E-state index contributed by atoms with van der Waals surface area (Å²) in [6.45, 7) is 0.543. The zero-order valence-electron chi connectivity index (χ0n) is 15.6. The first kappa shape index (κ1) is 16.6. The number of aromatic amines is 1. The van der Waals surface area contributed by atoms with E-state index in [0.717, 1.165) is 38.9 Å². The maximum Gasteiger partial charge on any atom is 0.255 e. The molecule has 2 heterocycles. The molecule has 138 valence electrons. The van der Waals surface area contributed by atoms with Crippen molar-refractivity contribution in [2.75, 3.05) is 7.11 Å². The van der Waals surface area contributed by atoms with Crippen LogP contribution in [0, 0.1) is 0 Å². The van der Waals surface area contributed by atoms with Gasteiger partial charge in [0, 0.05) is 34.8 Å². The Labute approximate surface area is 163 Å². The van der Waals surface area contributed by atoms with Gasteiger partial charge in [0.25, 0.3) is 5.91 Å². The van der Waals surface area contributed by atoms with Crippen molar-refractivity contribution in [3.05, 3.63) is 101 Å². The summed E-state index contributed by atoms with van der Waals surface area (Å²) in [5.41, 5.74) is 5.13. The summed E-state index contributed by atoms with van der Waals surface area (Å²) in [6.07, 6.45) is 2.03. The number of methoxy groups -OCH3 is 1. The van der Waals surface area contributed by atoms with Crippen LogP contribution in [-0.2, 0) is 6.54 Å². The Morgan fingerprint density at radius 3 is 2.50 bits per heavy atom. The Bertz CT molecular complexity index is 1160. The number of ether oxygens (including phenoxy) is 1. The van der Waals surface area contributed by atoms with Crippen molar-refractivity contribution in [3.63, 3.8) is 0 Å². The Balaban J connectivity index is 1.61. The van der Waals surface area contributed by atoms with Gasteiger partial charge in [-0.2, -0.15) is 0 Å². The van der Waals surface area contributed by atoms with Crippen LogP contribution in [-0.4, -0.2) is 22.9 Å². The van der Waals surface area contributed by atoms with Crippen LogP contribution in [0.4, 0.5) is 0 Å². The first-order chi connectivity index (χ1) is 13.8. The van der Waals surface area contributed by atoms with E-state index < -0.39 is 0 Å². The van der Waals surface area contributed by atoms with Crippen LogP contribution < -0.4 is 4.74 Å². The van der Waals surface area contributed by atoms with Gasteiger partial charge in [-0.3, -0.25) is 4.79 Å². The van der Waals surface area contributed by atoms with Gasteiger partial charge in [-0.15, -0.1) is 0 Å². The van der Waals surface area contributed by atoms with Crippen LogP contribution in [0.5, 0.6) is 5.75 Å². The molecule has 0 saturated heterocycles. The highest BCUT2D eigenvalue weighted by atomic mass is 16.5. The van der Waals surface area contributed by atoms with Crippen molar-refractivity contribution in [1.29, 1.82) is 0 Å². The van der Waals surface area contributed by atoms with Gasteiger partial charge in [0.15, 0.2) is 0 Å². The second-order valence-electron chi connectivity index (χ2n) is 7.06. The van der Waals surface area contributed by atoms with E-state index in [0.29, 0.717) is 6.54 Å². The molecule has 0 radical (unpaired) electrons. The quantitative estimate of drug-likeness (QED) is 0.556. The van der Waals surface area contributed by atoms with Crippen molar-refractivity contribution in [3.8, 4) is 5.75 Å². The number of aromatic nitrogens is 1. The summed E-state index contributed by atoms with van der Waals surface area (Å²) in [7, 11) is 1.66. The second kappa shape index (κ2) is 6.57. The molecular weight excluding hydrogens is 348 g/mol. The number of hydrogen-bond acceptors (Lipinski definition) is 2. The number of carbonyl (C=O) groups excluding carboxylic acids is 1. The lowest BCUT2D eigenvalue weighted by Gasteiger charge is -2.25. The van der Waals surface area contributed by atoms with Crippen molar-refractivity contribution < 1.29 is 9.53 Å². The Morgan fingerprint density at radius 1 is 0.929 bits per heavy atom. The smallest absolute Gasteiger partial charge is 0.255 e. The largest absolute Gasteiger partial charge is 0.497 e. The number of para-hydroxylation sites is 1. The van der Waals surface area contributed by atoms with Gasteiger partial charge in [0.2, 0.25) is 0 Å². The third kappa shape index (κ3) is 2.57. The third-order valence-corrected chi connectivity index (χ3v) is 5.49. The zero-order chi connectivity index (χ0) is 19.1. The molecule has 4 heteroatoms. The van der Waals surface area contributed by atoms with Gasteiger partial charge in [0.05, 0.1) is 13.2 Å². The summed E-state index contributed by atoms with van der Waals surface area (Å²) >= 11 is 0. The molecule has 4 aromatic rings. The number of fused-ring (bicyclic) bond motifs is 2. The topological polar surface area (TPSA) is 45.3 Å². The molecule has 1 N–H and O–H groups in total. The third-order valence-electron chi connectivity index (χ3n) is 5.49. The summed E-state index contributed by atoms with van der Waals surface area (Å²) in [6, 6.07) is 23.9. The number of carbonyl (C=O) groups is 1. The number of nitrogens with zero attached hydrogens (tertiary/aromatic N) is 1. The zero-order valence-corrected chi connectivity index (χ0v) is 15.6. The number of amides is 1. The van der Waals surface area contributed by atoms with E-state index in [1.54, 1.807) is 7.11 Å². The number of H-pyrrole nitrogens is 1. The summed E-state index contributed by atoms with van der Waals surface area (Å²) < 4.78 is 5.25. The van der Waals surface area contributed by atoms with E-state index in [4.69, 9.17) is 4.74 Å². The number of rotatable bonds is 4. The van der Waals surface area contributed by atoms with Crippen LogP contribution in [0.1, 0.15) is 33.1 Å². The molecule has 0 spiro atoms. The lowest BCUT2D eigenvalue weighted by atomic mass is 9.97. The predicted octanol–water partition coefficient (Wildman–Crippen LogP) is 4.92. The molecule has 1 aliphatic rings. The minimum Gasteiger partial charge on any atom is -0.497 e. The van der Waals surface area contributed by atoms with E-state index in [-0.39, 0.29) is 11.9 Å². The minimum absolute atomic E-state index is 0.0710. The van der Waals surface area contributed by atoms with E-state index in [1.165, 1.54) is 0 Å². The van der Waals surface area contributed by atoms with Gasteiger partial charge in [-0.05, 0) is 35.4 Å². The molecule has 4 nitrogen and oxygen atoms in total. The Kier molecular flexibility index (Phi) is 3.90. The van der Waals surface area contributed by atoms with Crippen molar-refractivity contribution in [1.82, 2.24) is 9.88 Å². The summed E-state index contributed by atoms with van der Waals surface area (Å²) in [4.78, 5) is 18.6. The maximum atomic E-state index is 13.3. The van der Waals surface area contributed by atoms with Crippen molar-refractivity contribution in [2.45, 2.75) is 12.6 Å². The normalized spacial score (nSPS) is 15.8. The van der Waals surface area contributed by atoms with Gasteiger partial charge < -0.3 is 14.6 Å². The lowest BCUT2D eigenvalue weighted by molar-refractivity contribution is 0.0737. The fraction of sp³-hybridized carbons (Fsp3) is 0.125. The first-order valence-corrected chi connectivity index (χ1v) is 9.35. The SMILES string of the molecule is COc1ccc(CN2C(=O)c3ccccc3[C@H]2c2c[nH]c3ccccc23)cc1. The fourth-order valence-corrected chi connectivity index (χ4v) is 4.12. The Morgan fingerprint density at radius 2 is 1.68 bits per heavy atom. The highest BCUT2D eigenvalue weighted by Crippen LogP contribution is 2.41. The van der Waals surface area contributed by atoms with Gasteiger partial charge in [-0.1, -0.05) is 48.5 Å². The van der Waals surface area contributed by atoms with Gasteiger partial charge >= 0.3 is 0 Å². The lowest BCUT2D eigenvalue weighted by Crippen LogP contribution is -2.28. The fourth-order valence-electron chi connectivity index (χ4n) is 4.12. The van der Waals surface area contributed by atoms with Crippen molar-refractivity contribution >= 4 is 16.8 Å². The number of hydrogen-bond donors (Lipinski definition) is 1. The molecule has 1 amide bonds. The van der Waals surface area contributed by atoms with E-state index in [1.807, 2.05) is 65.7 Å². The monoisotopic (exact) mass is 368 g/mol. The number of nitrogens with one attached hydrogen (secondary N) is 1. The van der Waals surface area contributed by atoms with Crippen LogP contribution in [0.25, 0.3) is 10.9 Å². The average molecular weight is 368 g/mol. The van der Waals surface area contributed by atoms with Crippen LogP contribution in [0.2, 0.25) is 0 Å². The van der Waals surface area contributed by atoms with Crippen LogP contribution in [0.15, 0.2) is 79.0 Å². The number of benzene rings is 3. The second-order valence-corrected chi connectivity index (χ2v) is 7.06. The van der Waals surface area contributed by atoms with Crippen molar-refractivity contribution in [2.24, 2.45) is 0 Å². The molecular formula is C24H20N2O2. The molecule has 0 aliphatic carbocycles. The molecule has 5 rings (SSSR count). The van der Waals surface area contributed by atoms with Gasteiger partial charge in [-0.25, -0.2) is 0 Å². The molecule has 1 aromatic heterocycles. The van der Waals surface area contributed by atoms with Crippen LogP contribution in [0.3, 0.4) is 0 Å². The standard InChI is InChI=1S/C24H20N2O2/c1-28-17-12-10-16(11-13-17)15-26-23(19-7-2-3-8-20(19)24(26)27)21-14-25-22-9-5-4-6-18(21)22/h2-14,23,25H,15H2,1H3/t23-/m0/s1. The van der Waals surface area contributed by atoms with Gasteiger partial charge in [0.1, 0.15) is 5.75 Å². The highest BCUT2D eigenvalue weighted by molar-refractivity contribution is 6.00. The highest BCUT2D eigenvalue weighted by Gasteiger charge is 2.38. The summed E-state index contributed by atoms with van der Waals surface area (Å²) in [5, 5.41) is 1.15. The van der Waals surface area contributed by atoms with E-state index >= 15 is 0 Å². The average Bonchev–Trinajstić information content (AvgIpc) is 3.28. The minimum atomic E-state index is -0.109. The molecule has 3 aromatic carbocycles. The first-order valence-electron chi connectivity index (χ1n) is 9.35. The molecule has 0 saturated carbocycles. The molecule has 0 fully saturated rings. The van der Waals surface area contributed by atoms with E-state index in [9.17, 15) is 4.79 Å².